The first-order valence-corrected chi connectivity index (χ1v) is 3.20. The van der Waals surface area contributed by atoms with E-state index in [0.717, 1.165) is 17.4 Å². The highest BCUT2D eigenvalue weighted by Crippen LogP contribution is 2.16. The Morgan fingerprint density at radius 2 is 2.30 bits per heavy atom. The number of ether oxygens (including phenoxy) is 1. The largest absolute Gasteiger partial charge is 0.486 e. The van der Waals surface area contributed by atoms with Gasteiger partial charge in [-0.05, 0) is 31.1 Å². The fourth-order valence-electron chi connectivity index (χ4n) is 0.818. The van der Waals surface area contributed by atoms with Crippen LogP contribution in [0.3, 0.4) is 0 Å². The first-order valence-electron chi connectivity index (χ1n) is 3.20. The quantitative estimate of drug-likeness (QED) is 0.512. The van der Waals surface area contributed by atoms with Gasteiger partial charge >= 0.3 is 0 Å². The molecule has 1 atom stereocenters. The normalized spacial score (nSPS) is 24.4. The lowest BCUT2D eigenvalue weighted by Crippen LogP contribution is -2.16. The predicted molar refractivity (Wildman–Crippen MR) is 38.5 cm³/mol. The fourth-order valence-corrected chi connectivity index (χ4v) is 0.818. The standard InChI is InChI=1S/C8H10O2/c1-6-3-4-10-8(5-9)7(6)2/h3-5,8H,1-2H3. The van der Waals surface area contributed by atoms with Gasteiger partial charge in [0.15, 0.2) is 12.4 Å². The topological polar surface area (TPSA) is 26.3 Å². The molecule has 1 rings (SSSR count). The van der Waals surface area contributed by atoms with Crippen LogP contribution in [0.15, 0.2) is 23.5 Å². The third-order valence-electron chi connectivity index (χ3n) is 1.72. The molecular formula is C8H10O2. The number of rotatable bonds is 1. The Bertz CT molecular complexity index is 201. The van der Waals surface area contributed by atoms with E-state index in [1.165, 1.54) is 0 Å². The zero-order valence-electron chi connectivity index (χ0n) is 6.13. The van der Waals surface area contributed by atoms with Gasteiger partial charge in [0.1, 0.15) is 0 Å². The molecule has 0 aromatic rings. The van der Waals surface area contributed by atoms with Gasteiger partial charge in [-0.3, -0.25) is 4.79 Å². The van der Waals surface area contributed by atoms with E-state index >= 15 is 0 Å². The van der Waals surface area contributed by atoms with E-state index in [9.17, 15) is 4.79 Å². The maximum atomic E-state index is 10.3. The van der Waals surface area contributed by atoms with E-state index < -0.39 is 0 Å². The van der Waals surface area contributed by atoms with Crippen LogP contribution in [0.25, 0.3) is 0 Å². The molecule has 0 bridgehead atoms. The van der Waals surface area contributed by atoms with Crippen molar-refractivity contribution in [1.82, 2.24) is 0 Å². The second kappa shape index (κ2) is 2.69. The van der Waals surface area contributed by atoms with Crippen molar-refractivity contribution in [2.75, 3.05) is 0 Å². The summed E-state index contributed by atoms with van der Waals surface area (Å²) < 4.78 is 5.00. The SMILES string of the molecule is CC1=C(C)C(C=O)OC=C1. The highest BCUT2D eigenvalue weighted by molar-refractivity contribution is 5.63. The number of aldehydes is 1. The molecule has 10 heavy (non-hydrogen) atoms. The lowest BCUT2D eigenvalue weighted by Gasteiger charge is -2.16. The van der Waals surface area contributed by atoms with Crippen molar-refractivity contribution >= 4 is 6.29 Å². The molecule has 0 fully saturated rings. The first-order chi connectivity index (χ1) is 4.75. The van der Waals surface area contributed by atoms with Gasteiger partial charge in [-0.1, -0.05) is 0 Å². The smallest absolute Gasteiger partial charge is 0.174 e. The molecule has 0 aromatic heterocycles. The van der Waals surface area contributed by atoms with Crippen LogP contribution >= 0.6 is 0 Å². The average molecular weight is 138 g/mol. The van der Waals surface area contributed by atoms with Crippen molar-refractivity contribution in [1.29, 1.82) is 0 Å². The van der Waals surface area contributed by atoms with E-state index in [1.54, 1.807) is 6.26 Å². The van der Waals surface area contributed by atoms with Crippen molar-refractivity contribution in [3.05, 3.63) is 23.5 Å². The lowest BCUT2D eigenvalue weighted by atomic mass is 10.1. The zero-order chi connectivity index (χ0) is 7.56. The second-order valence-electron chi connectivity index (χ2n) is 2.36. The van der Waals surface area contributed by atoms with Gasteiger partial charge in [0.05, 0.1) is 6.26 Å². The molecule has 0 saturated heterocycles. The summed E-state index contributed by atoms with van der Waals surface area (Å²) in [5, 5.41) is 0. The van der Waals surface area contributed by atoms with E-state index in [1.807, 2.05) is 19.9 Å². The van der Waals surface area contributed by atoms with E-state index in [-0.39, 0.29) is 6.10 Å². The van der Waals surface area contributed by atoms with Crippen molar-refractivity contribution in [2.24, 2.45) is 0 Å². The summed E-state index contributed by atoms with van der Waals surface area (Å²) in [6, 6.07) is 0. The monoisotopic (exact) mass is 138 g/mol. The van der Waals surface area contributed by atoms with Crippen LogP contribution in [0.2, 0.25) is 0 Å². The maximum absolute atomic E-state index is 10.3. The lowest BCUT2D eigenvalue weighted by molar-refractivity contribution is -0.113. The molecule has 0 aliphatic carbocycles. The minimum atomic E-state index is -0.356. The number of allylic oxidation sites excluding steroid dienone is 2. The minimum Gasteiger partial charge on any atom is -0.486 e. The third-order valence-corrected chi connectivity index (χ3v) is 1.72. The molecule has 2 heteroatoms. The Labute approximate surface area is 60.2 Å². The Balaban J connectivity index is 2.86. The highest BCUT2D eigenvalue weighted by Gasteiger charge is 2.13. The maximum Gasteiger partial charge on any atom is 0.174 e. The Morgan fingerprint density at radius 3 is 2.80 bits per heavy atom. The molecule has 1 aliphatic rings. The Kier molecular flexibility index (Phi) is 1.90. The molecule has 0 aromatic carbocycles. The molecule has 54 valence electrons. The van der Waals surface area contributed by atoms with Crippen LogP contribution in [-0.2, 0) is 9.53 Å². The summed E-state index contributed by atoms with van der Waals surface area (Å²) in [5.74, 6) is 0. The summed E-state index contributed by atoms with van der Waals surface area (Å²) in [6.45, 7) is 3.86. The van der Waals surface area contributed by atoms with E-state index in [0.29, 0.717) is 0 Å². The number of hydrogen-bond acceptors (Lipinski definition) is 2. The Morgan fingerprint density at radius 1 is 1.60 bits per heavy atom. The van der Waals surface area contributed by atoms with Crippen molar-refractivity contribution < 1.29 is 9.53 Å². The van der Waals surface area contributed by atoms with Crippen LogP contribution in [0.5, 0.6) is 0 Å². The highest BCUT2D eigenvalue weighted by atomic mass is 16.5. The van der Waals surface area contributed by atoms with Crippen molar-refractivity contribution in [3.63, 3.8) is 0 Å². The molecule has 0 amide bonds. The van der Waals surface area contributed by atoms with Crippen molar-refractivity contribution in [3.8, 4) is 0 Å². The minimum absolute atomic E-state index is 0.356. The van der Waals surface area contributed by atoms with E-state index in [4.69, 9.17) is 4.74 Å². The summed E-state index contributed by atoms with van der Waals surface area (Å²) >= 11 is 0. The van der Waals surface area contributed by atoms with Gasteiger partial charge < -0.3 is 4.74 Å². The summed E-state index contributed by atoms with van der Waals surface area (Å²) in [7, 11) is 0. The van der Waals surface area contributed by atoms with Crippen LogP contribution < -0.4 is 0 Å². The molecule has 0 saturated carbocycles. The van der Waals surface area contributed by atoms with Gasteiger partial charge in [-0.15, -0.1) is 0 Å². The molecule has 1 unspecified atom stereocenters. The molecule has 0 radical (unpaired) electrons. The van der Waals surface area contributed by atoms with E-state index in [2.05, 4.69) is 0 Å². The Hall–Kier alpha value is -1.05. The zero-order valence-corrected chi connectivity index (χ0v) is 6.13. The summed E-state index contributed by atoms with van der Waals surface area (Å²) in [6.07, 6.45) is 3.86. The van der Waals surface area contributed by atoms with Gasteiger partial charge in [0.2, 0.25) is 0 Å². The van der Waals surface area contributed by atoms with Gasteiger partial charge in [-0.25, -0.2) is 0 Å². The average Bonchev–Trinajstić information content (AvgIpc) is 1.95. The second-order valence-corrected chi connectivity index (χ2v) is 2.36. The van der Waals surface area contributed by atoms with Gasteiger partial charge in [0, 0.05) is 0 Å². The molecule has 1 aliphatic heterocycles. The molecule has 2 nitrogen and oxygen atoms in total. The fraction of sp³-hybridized carbons (Fsp3) is 0.375. The van der Waals surface area contributed by atoms with Crippen molar-refractivity contribution in [2.45, 2.75) is 20.0 Å². The van der Waals surface area contributed by atoms with Crippen LogP contribution in [-0.4, -0.2) is 12.4 Å². The first kappa shape index (κ1) is 7.06. The van der Waals surface area contributed by atoms with Gasteiger partial charge in [-0.2, -0.15) is 0 Å². The number of carbonyl (C=O) groups excluding carboxylic acids is 1. The molecular weight excluding hydrogens is 128 g/mol. The molecule has 0 spiro atoms. The van der Waals surface area contributed by atoms with Crippen LogP contribution in [0.4, 0.5) is 0 Å². The summed E-state index contributed by atoms with van der Waals surface area (Å²) in [5.41, 5.74) is 2.11. The van der Waals surface area contributed by atoms with Gasteiger partial charge in [0.25, 0.3) is 0 Å². The number of carbonyl (C=O) groups is 1. The molecule has 1 heterocycles. The third kappa shape index (κ3) is 1.10. The number of hydrogen-bond donors (Lipinski definition) is 0. The van der Waals surface area contributed by atoms with Crippen LogP contribution in [0.1, 0.15) is 13.8 Å². The molecule has 0 N–H and O–H groups in total. The predicted octanol–water partition coefficient (Wildman–Crippen LogP) is 1.43. The van der Waals surface area contributed by atoms with Crippen LogP contribution in [0, 0.1) is 0 Å². The summed E-state index contributed by atoms with van der Waals surface area (Å²) in [4.78, 5) is 10.3.